The van der Waals surface area contributed by atoms with E-state index in [0.29, 0.717) is 23.4 Å². The molecule has 0 aliphatic heterocycles. The van der Waals surface area contributed by atoms with Gasteiger partial charge in [-0.25, -0.2) is 4.68 Å². The fourth-order valence-electron chi connectivity index (χ4n) is 3.68. The van der Waals surface area contributed by atoms with Gasteiger partial charge in [-0.3, -0.25) is 9.36 Å². The van der Waals surface area contributed by atoms with E-state index < -0.39 is 0 Å². The zero-order chi connectivity index (χ0) is 22.8. The van der Waals surface area contributed by atoms with Crippen LogP contribution in [0.1, 0.15) is 55.8 Å². The number of thioether (sulfide) groups is 1. The van der Waals surface area contributed by atoms with Crippen LogP contribution in [0.25, 0.3) is 5.69 Å². The number of anilines is 1. The molecule has 0 bridgehead atoms. The standard InChI is InChI=1S/C24H26N6O2S/c1-16(2)23-26-27-24(29(23)14-19-9-6-12-32-19)33-15-22(31)25-21-13-20(17-10-11-17)28-30(21)18-7-4-3-5-8-18/h3-9,12-13,16-17H,10-11,14-15H2,1-2H3,(H,25,31). The van der Waals surface area contributed by atoms with Crippen molar-refractivity contribution in [2.45, 2.75) is 50.2 Å². The predicted octanol–water partition coefficient (Wildman–Crippen LogP) is 4.84. The van der Waals surface area contributed by atoms with Crippen LogP contribution in [0.5, 0.6) is 0 Å². The fourth-order valence-corrected chi connectivity index (χ4v) is 4.43. The molecule has 170 valence electrons. The molecular formula is C24H26N6O2S. The van der Waals surface area contributed by atoms with E-state index in [1.807, 2.05) is 57.8 Å². The van der Waals surface area contributed by atoms with E-state index in [4.69, 9.17) is 9.52 Å². The smallest absolute Gasteiger partial charge is 0.236 e. The molecule has 1 aliphatic rings. The number of hydrogen-bond acceptors (Lipinski definition) is 6. The number of carbonyl (C=O) groups is 1. The van der Waals surface area contributed by atoms with Crippen LogP contribution in [0.3, 0.4) is 0 Å². The number of aromatic nitrogens is 5. The molecule has 1 fully saturated rings. The van der Waals surface area contributed by atoms with E-state index in [1.54, 1.807) is 6.26 Å². The zero-order valence-electron chi connectivity index (χ0n) is 18.6. The highest BCUT2D eigenvalue weighted by Gasteiger charge is 2.28. The molecule has 3 heterocycles. The Morgan fingerprint density at radius 1 is 1.18 bits per heavy atom. The van der Waals surface area contributed by atoms with Gasteiger partial charge < -0.3 is 9.73 Å². The van der Waals surface area contributed by atoms with Crippen molar-refractivity contribution in [1.82, 2.24) is 24.5 Å². The lowest BCUT2D eigenvalue weighted by Crippen LogP contribution is -2.17. The summed E-state index contributed by atoms with van der Waals surface area (Å²) in [4.78, 5) is 12.9. The Balaban J connectivity index is 1.31. The number of rotatable bonds is 9. The van der Waals surface area contributed by atoms with Crippen LogP contribution in [-0.4, -0.2) is 36.2 Å². The lowest BCUT2D eigenvalue weighted by atomic mass is 10.2. The van der Waals surface area contributed by atoms with Crippen molar-refractivity contribution in [2.75, 3.05) is 11.1 Å². The molecule has 3 aromatic heterocycles. The Bertz CT molecular complexity index is 1230. The summed E-state index contributed by atoms with van der Waals surface area (Å²) in [5.41, 5.74) is 1.95. The Morgan fingerprint density at radius 2 is 2.00 bits per heavy atom. The minimum atomic E-state index is -0.113. The van der Waals surface area contributed by atoms with Crippen molar-refractivity contribution in [2.24, 2.45) is 0 Å². The SMILES string of the molecule is CC(C)c1nnc(SCC(=O)Nc2cc(C3CC3)nn2-c2ccccc2)n1Cc1ccco1. The summed E-state index contributed by atoms with van der Waals surface area (Å²) in [5.74, 6) is 3.18. The van der Waals surface area contributed by atoms with Crippen LogP contribution in [0.4, 0.5) is 5.82 Å². The molecule has 8 nitrogen and oxygen atoms in total. The normalized spacial score (nSPS) is 13.5. The van der Waals surface area contributed by atoms with Crippen molar-refractivity contribution in [1.29, 1.82) is 0 Å². The highest BCUT2D eigenvalue weighted by Crippen LogP contribution is 2.40. The monoisotopic (exact) mass is 462 g/mol. The minimum absolute atomic E-state index is 0.113. The number of carbonyl (C=O) groups excluding carboxylic acids is 1. The van der Waals surface area contributed by atoms with Crippen molar-refractivity contribution in [3.63, 3.8) is 0 Å². The second-order valence-electron chi connectivity index (χ2n) is 8.47. The number of para-hydroxylation sites is 1. The molecule has 4 aromatic rings. The Kier molecular flexibility index (Phi) is 6.04. The summed E-state index contributed by atoms with van der Waals surface area (Å²) >= 11 is 1.37. The molecule has 0 atom stereocenters. The second-order valence-corrected chi connectivity index (χ2v) is 9.42. The largest absolute Gasteiger partial charge is 0.467 e. The summed E-state index contributed by atoms with van der Waals surface area (Å²) in [6.45, 7) is 4.68. The molecule has 33 heavy (non-hydrogen) atoms. The van der Waals surface area contributed by atoms with Gasteiger partial charge in [0.15, 0.2) is 5.16 Å². The number of nitrogens with zero attached hydrogens (tertiary/aromatic N) is 5. The minimum Gasteiger partial charge on any atom is -0.467 e. The molecule has 0 spiro atoms. The highest BCUT2D eigenvalue weighted by atomic mass is 32.2. The Labute approximate surface area is 196 Å². The third-order valence-corrected chi connectivity index (χ3v) is 6.45. The maximum atomic E-state index is 12.9. The highest BCUT2D eigenvalue weighted by molar-refractivity contribution is 7.99. The number of amides is 1. The van der Waals surface area contributed by atoms with Crippen molar-refractivity contribution in [3.05, 3.63) is 72.1 Å². The molecule has 0 radical (unpaired) electrons. The summed E-state index contributed by atoms with van der Waals surface area (Å²) in [5, 5.41) is 17.2. The Morgan fingerprint density at radius 3 is 2.70 bits per heavy atom. The third kappa shape index (κ3) is 4.88. The topological polar surface area (TPSA) is 90.8 Å². The van der Waals surface area contributed by atoms with E-state index in [0.717, 1.165) is 35.8 Å². The molecule has 1 N–H and O–H groups in total. The van der Waals surface area contributed by atoms with E-state index in [9.17, 15) is 4.79 Å². The van der Waals surface area contributed by atoms with Gasteiger partial charge >= 0.3 is 0 Å². The lowest BCUT2D eigenvalue weighted by molar-refractivity contribution is -0.113. The molecule has 5 rings (SSSR count). The van der Waals surface area contributed by atoms with Crippen molar-refractivity contribution in [3.8, 4) is 5.69 Å². The van der Waals surface area contributed by atoms with Gasteiger partial charge in [-0.05, 0) is 37.1 Å². The predicted molar refractivity (Wildman–Crippen MR) is 127 cm³/mol. The molecule has 1 amide bonds. The van der Waals surface area contributed by atoms with Crippen LogP contribution in [0.2, 0.25) is 0 Å². The summed E-state index contributed by atoms with van der Waals surface area (Å²) < 4.78 is 9.34. The maximum absolute atomic E-state index is 12.9. The van der Waals surface area contributed by atoms with Crippen LogP contribution in [-0.2, 0) is 11.3 Å². The summed E-state index contributed by atoms with van der Waals surface area (Å²) in [6, 6.07) is 15.6. The number of hydrogen-bond donors (Lipinski definition) is 1. The fraction of sp³-hybridized carbons (Fsp3) is 0.333. The lowest BCUT2D eigenvalue weighted by Gasteiger charge is -2.11. The van der Waals surface area contributed by atoms with Crippen molar-refractivity contribution >= 4 is 23.5 Å². The molecule has 1 saturated carbocycles. The summed E-state index contributed by atoms with van der Waals surface area (Å²) in [7, 11) is 0. The van der Waals surface area contributed by atoms with Crippen LogP contribution < -0.4 is 5.32 Å². The average molecular weight is 463 g/mol. The van der Waals surface area contributed by atoms with Gasteiger partial charge in [-0.1, -0.05) is 43.8 Å². The molecule has 9 heteroatoms. The van der Waals surface area contributed by atoms with Gasteiger partial charge in [0.25, 0.3) is 0 Å². The number of furan rings is 1. The summed E-state index contributed by atoms with van der Waals surface area (Å²) in [6.07, 6.45) is 3.96. The third-order valence-electron chi connectivity index (χ3n) is 5.48. The molecule has 1 aromatic carbocycles. The first-order valence-corrected chi connectivity index (χ1v) is 12.1. The van der Waals surface area contributed by atoms with Gasteiger partial charge in [0.2, 0.25) is 5.91 Å². The zero-order valence-corrected chi connectivity index (χ0v) is 19.5. The Hall–Kier alpha value is -3.33. The first kappa shape index (κ1) is 21.5. The maximum Gasteiger partial charge on any atom is 0.236 e. The molecule has 0 unspecified atom stereocenters. The van der Waals surface area contributed by atoms with Crippen LogP contribution >= 0.6 is 11.8 Å². The quantitative estimate of drug-likeness (QED) is 0.358. The molecule has 1 aliphatic carbocycles. The molecular weight excluding hydrogens is 436 g/mol. The average Bonchev–Trinajstić information content (AvgIpc) is 3.20. The first-order chi connectivity index (χ1) is 16.1. The van der Waals surface area contributed by atoms with Gasteiger partial charge in [0.1, 0.15) is 17.4 Å². The van der Waals surface area contributed by atoms with E-state index in [2.05, 4.69) is 29.4 Å². The van der Waals surface area contributed by atoms with Crippen molar-refractivity contribution < 1.29 is 9.21 Å². The van der Waals surface area contributed by atoms with Gasteiger partial charge in [0.05, 0.1) is 29.9 Å². The molecule has 0 saturated heterocycles. The number of benzene rings is 1. The van der Waals surface area contributed by atoms with E-state index in [-0.39, 0.29) is 17.6 Å². The first-order valence-electron chi connectivity index (χ1n) is 11.1. The van der Waals surface area contributed by atoms with Gasteiger partial charge in [-0.15, -0.1) is 10.2 Å². The van der Waals surface area contributed by atoms with Crippen LogP contribution in [0, 0.1) is 0 Å². The van der Waals surface area contributed by atoms with E-state index in [1.165, 1.54) is 11.8 Å². The second kappa shape index (κ2) is 9.27. The van der Waals surface area contributed by atoms with Crippen LogP contribution in [0.15, 0.2) is 64.4 Å². The number of nitrogens with one attached hydrogen (secondary N) is 1. The van der Waals surface area contributed by atoms with Gasteiger partial charge in [0, 0.05) is 17.9 Å². The van der Waals surface area contributed by atoms with E-state index >= 15 is 0 Å². The van der Waals surface area contributed by atoms with Gasteiger partial charge in [-0.2, -0.15) is 5.10 Å².